The third kappa shape index (κ3) is 4.73. The summed E-state index contributed by atoms with van der Waals surface area (Å²) in [6, 6.07) is 12.1. The Bertz CT molecular complexity index is 865. The van der Waals surface area contributed by atoms with E-state index in [0.717, 1.165) is 36.1 Å². The Morgan fingerprint density at radius 1 is 1.24 bits per heavy atom. The van der Waals surface area contributed by atoms with E-state index >= 15 is 0 Å². The number of likely N-dealkylation sites (tertiary alicyclic amines) is 1. The van der Waals surface area contributed by atoms with Crippen LogP contribution in [0.15, 0.2) is 61.4 Å². The van der Waals surface area contributed by atoms with Crippen LogP contribution in [0.4, 0.5) is 0 Å². The Labute approximate surface area is 172 Å². The van der Waals surface area contributed by atoms with Gasteiger partial charge in [0.15, 0.2) is 0 Å². The lowest BCUT2D eigenvalue weighted by Gasteiger charge is -2.42. The number of benzene rings is 1. The normalized spacial score (nSPS) is 18.9. The number of carbonyl (C=O) groups excluding carboxylic acids is 2. The summed E-state index contributed by atoms with van der Waals surface area (Å²) in [4.78, 5) is 31.7. The van der Waals surface area contributed by atoms with E-state index in [1.807, 2.05) is 36.1 Å². The number of carbonyl (C=O) groups is 2. The van der Waals surface area contributed by atoms with Gasteiger partial charge in [-0.3, -0.25) is 14.6 Å². The summed E-state index contributed by atoms with van der Waals surface area (Å²) < 4.78 is 0. The number of amides is 2. The molecule has 0 bridgehead atoms. The fraction of sp³-hybridized carbons (Fsp3) is 0.375. The van der Waals surface area contributed by atoms with Crippen LogP contribution in [0.2, 0.25) is 0 Å². The average Bonchev–Trinajstić information content (AvgIpc) is 2.78. The standard InChI is InChI=1S/C24H29N3O2/c1-3-13-26-23(29)24(12-7-16-27(18-24)22(28)4-2)17-20-8-5-6-9-21(20)19-10-14-25-15-11-19/h3,5-6,8-11,14-15H,1,4,7,12-13,16-18H2,2H3,(H,26,29). The van der Waals surface area contributed by atoms with Crippen LogP contribution in [0.3, 0.4) is 0 Å². The number of piperidine rings is 1. The van der Waals surface area contributed by atoms with Crippen molar-refractivity contribution in [3.63, 3.8) is 0 Å². The largest absolute Gasteiger partial charge is 0.352 e. The summed E-state index contributed by atoms with van der Waals surface area (Å²) in [5.74, 6) is 0.101. The van der Waals surface area contributed by atoms with Gasteiger partial charge in [0.2, 0.25) is 11.8 Å². The van der Waals surface area contributed by atoms with Gasteiger partial charge in [-0.25, -0.2) is 0 Å². The minimum atomic E-state index is -0.644. The maximum absolute atomic E-state index is 13.3. The van der Waals surface area contributed by atoms with Crippen LogP contribution >= 0.6 is 0 Å². The van der Waals surface area contributed by atoms with Gasteiger partial charge in [0.1, 0.15) is 0 Å². The number of nitrogens with one attached hydrogen (secondary N) is 1. The summed E-state index contributed by atoms with van der Waals surface area (Å²) in [5, 5.41) is 2.99. The molecule has 0 saturated carbocycles. The zero-order valence-corrected chi connectivity index (χ0v) is 17.1. The zero-order chi connectivity index (χ0) is 20.7. The van der Waals surface area contributed by atoms with Gasteiger partial charge in [-0.2, -0.15) is 0 Å². The van der Waals surface area contributed by atoms with E-state index in [-0.39, 0.29) is 11.8 Å². The molecular weight excluding hydrogens is 362 g/mol. The van der Waals surface area contributed by atoms with Gasteiger partial charge in [0.25, 0.3) is 0 Å². The highest BCUT2D eigenvalue weighted by Gasteiger charge is 2.43. The van der Waals surface area contributed by atoms with Gasteiger partial charge in [-0.15, -0.1) is 6.58 Å². The molecule has 2 amide bonds. The Hall–Kier alpha value is -2.95. The van der Waals surface area contributed by atoms with E-state index in [4.69, 9.17) is 0 Å². The van der Waals surface area contributed by atoms with Crippen LogP contribution in [-0.4, -0.2) is 41.3 Å². The highest BCUT2D eigenvalue weighted by Crippen LogP contribution is 2.37. The molecule has 1 saturated heterocycles. The van der Waals surface area contributed by atoms with E-state index in [1.54, 1.807) is 18.5 Å². The van der Waals surface area contributed by atoms with Crippen LogP contribution in [0.5, 0.6) is 0 Å². The lowest BCUT2D eigenvalue weighted by atomic mass is 9.73. The third-order valence-electron chi connectivity index (χ3n) is 5.66. The van der Waals surface area contributed by atoms with Gasteiger partial charge in [-0.05, 0) is 48.1 Å². The first-order valence-corrected chi connectivity index (χ1v) is 10.2. The Morgan fingerprint density at radius 3 is 2.72 bits per heavy atom. The second-order valence-corrected chi connectivity index (χ2v) is 7.62. The number of hydrogen-bond acceptors (Lipinski definition) is 3. The molecule has 152 valence electrons. The van der Waals surface area contributed by atoms with Crippen LogP contribution in [0.1, 0.15) is 31.7 Å². The monoisotopic (exact) mass is 391 g/mol. The van der Waals surface area contributed by atoms with Gasteiger partial charge in [0.05, 0.1) is 5.41 Å². The predicted molar refractivity (Wildman–Crippen MR) is 115 cm³/mol. The Morgan fingerprint density at radius 2 is 2.00 bits per heavy atom. The quantitative estimate of drug-likeness (QED) is 0.734. The molecule has 3 rings (SSSR count). The smallest absolute Gasteiger partial charge is 0.228 e. The summed E-state index contributed by atoms with van der Waals surface area (Å²) in [7, 11) is 0. The maximum Gasteiger partial charge on any atom is 0.228 e. The first-order chi connectivity index (χ1) is 14.1. The van der Waals surface area contributed by atoms with Crippen molar-refractivity contribution < 1.29 is 9.59 Å². The molecule has 1 atom stereocenters. The number of nitrogens with zero attached hydrogens (tertiary/aromatic N) is 2. The van der Waals surface area contributed by atoms with Crippen molar-refractivity contribution in [3.05, 3.63) is 67.0 Å². The van der Waals surface area contributed by atoms with Gasteiger partial charge in [-0.1, -0.05) is 37.3 Å². The summed E-state index contributed by atoms with van der Waals surface area (Å²) >= 11 is 0. The molecule has 0 aliphatic carbocycles. The number of pyridine rings is 1. The average molecular weight is 392 g/mol. The fourth-order valence-corrected chi connectivity index (χ4v) is 4.18. The number of hydrogen-bond donors (Lipinski definition) is 1. The maximum atomic E-state index is 13.3. The molecule has 0 radical (unpaired) electrons. The molecule has 5 nitrogen and oxygen atoms in total. The van der Waals surface area contributed by atoms with E-state index < -0.39 is 5.41 Å². The molecule has 2 aromatic rings. The van der Waals surface area contributed by atoms with E-state index in [2.05, 4.69) is 29.0 Å². The Balaban J connectivity index is 1.97. The van der Waals surface area contributed by atoms with Gasteiger partial charge < -0.3 is 10.2 Å². The fourth-order valence-electron chi connectivity index (χ4n) is 4.18. The van der Waals surface area contributed by atoms with Crippen molar-refractivity contribution in [2.45, 2.75) is 32.6 Å². The lowest BCUT2D eigenvalue weighted by molar-refractivity contribution is -0.141. The second kappa shape index (κ2) is 9.50. The summed E-state index contributed by atoms with van der Waals surface area (Å²) in [5.41, 5.74) is 2.65. The summed E-state index contributed by atoms with van der Waals surface area (Å²) in [6.45, 7) is 7.17. The second-order valence-electron chi connectivity index (χ2n) is 7.62. The number of aromatic nitrogens is 1. The molecule has 29 heavy (non-hydrogen) atoms. The molecule has 1 unspecified atom stereocenters. The highest BCUT2D eigenvalue weighted by atomic mass is 16.2. The van der Waals surface area contributed by atoms with Crippen molar-refractivity contribution in [1.29, 1.82) is 0 Å². The minimum Gasteiger partial charge on any atom is -0.352 e. The summed E-state index contributed by atoms with van der Waals surface area (Å²) in [6.07, 6.45) is 7.87. The van der Waals surface area contributed by atoms with Crippen LogP contribution in [0, 0.1) is 5.41 Å². The van der Waals surface area contributed by atoms with Gasteiger partial charge >= 0.3 is 0 Å². The zero-order valence-electron chi connectivity index (χ0n) is 17.1. The molecule has 2 heterocycles. The molecule has 1 N–H and O–H groups in total. The molecular formula is C24H29N3O2. The molecule has 1 aromatic carbocycles. The van der Waals surface area contributed by atoms with Crippen molar-refractivity contribution in [1.82, 2.24) is 15.2 Å². The molecule has 0 spiro atoms. The highest BCUT2D eigenvalue weighted by molar-refractivity contribution is 5.85. The molecule has 1 fully saturated rings. The minimum absolute atomic E-state index is 0.00413. The van der Waals surface area contributed by atoms with Crippen molar-refractivity contribution >= 4 is 11.8 Å². The Kier molecular flexibility index (Phi) is 6.81. The SMILES string of the molecule is C=CCNC(=O)C1(Cc2ccccc2-c2ccncc2)CCCN(C(=O)CC)C1. The van der Waals surface area contributed by atoms with Crippen LogP contribution < -0.4 is 5.32 Å². The van der Waals surface area contributed by atoms with Gasteiger partial charge in [0, 0.05) is 38.4 Å². The number of rotatable bonds is 7. The van der Waals surface area contributed by atoms with Crippen LogP contribution in [-0.2, 0) is 16.0 Å². The first kappa shape index (κ1) is 20.8. The lowest BCUT2D eigenvalue weighted by Crippen LogP contribution is -2.54. The van der Waals surface area contributed by atoms with Crippen molar-refractivity contribution in [2.24, 2.45) is 5.41 Å². The van der Waals surface area contributed by atoms with Crippen LogP contribution in [0.25, 0.3) is 11.1 Å². The predicted octanol–water partition coefficient (Wildman–Crippen LogP) is 3.61. The molecule has 1 aliphatic heterocycles. The molecule has 1 aliphatic rings. The topological polar surface area (TPSA) is 62.3 Å². The molecule has 1 aromatic heterocycles. The molecule has 5 heteroatoms. The van der Waals surface area contributed by atoms with E-state index in [0.29, 0.717) is 25.9 Å². The van der Waals surface area contributed by atoms with E-state index in [1.165, 1.54) is 0 Å². The third-order valence-corrected chi connectivity index (χ3v) is 5.66. The van der Waals surface area contributed by atoms with E-state index in [9.17, 15) is 9.59 Å². The first-order valence-electron chi connectivity index (χ1n) is 10.2. The van der Waals surface area contributed by atoms with Crippen molar-refractivity contribution in [2.75, 3.05) is 19.6 Å². The van der Waals surface area contributed by atoms with Crippen molar-refractivity contribution in [3.8, 4) is 11.1 Å².